The van der Waals surface area contributed by atoms with Gasteiger partial charge in [-0.05, 0) is 37.8 Å². The summed E-state index contributed by atoms with van der Waals surface area (Å²) in [5.41, 5.74) is 1.14. The molecule has 1 N–H and O–H groups in total. The van der Waals surface area contributed by atoms with Crippen LogP contribution in [0.2, 0.25) is 0 Å². The maximum absolute atomic E-state index is 5.60. The van der Waals surface area contributed by atoms with Gasteiger partial charge in [0.2, 0.25) is 0 Å². The first-order valence-corrected chi connectivity index (χ1v) is 7.33. The van der Waals surface area contributed by atoms with Crippen molar-refractivity contribution in [2.75, 3.05) is 26.4 Å². The summed E-state index contributed by atoms with van der Waals surface area (Å²) in [7, 11) is 0. The van der Waals surface area contributed by atoms with E-state index in [1.807, 2.05) is 18.2 Å². The molecule has 3 nitrogen and oxygen atoms in total. The lowest BCUT2D eigenvalue weighted by Gasteiger charge is -2.10. The summed E-state index contributed by atoms with van der Waals surface area (Å²) >= 11 is 0. The smallest absolute Gasteiger partial charge is 0.148 e. The lowest BCUT2D eigenvalue weighted by molar-refractivity contribution is 0.122. The number of terminal acetylenes is 1. The van der Waals surface area contributed by atoms with E-state index in [0.29, 0.717) is 6.61 Å². The van der Waals surface area contributed by atoms with Gasteiger partial charge >= 0.3 is 0 Å². The molecule has 0 radical (unpaired) electrons. The van der Waals surface area contributed by atoms with E-state index in [-0.39, 0.29) is 0 Å². The molecule has 1 saturated carbocycles. The number of benzene rings is 1. The molecule has 0 heterocycles. The molecular formula is C17H23NO2. The Morgan fingerprint density at radius 2 is 2.15 bits per heavy atom. The van der Waals surface area contributed by atoms with Crippen LogP contribution in [0.1, 0.15) is 24.8 Å². The third-order valence-electron chi connectivity index (χ3n) is 3.29. The molecule has 0 bridgehead atoms. The average molecular weight is 273 g/mol. The molecule has 0 unspecified atom stereocenters. The number of hydrogen-bond donors (Lipinski definition) is 1. The van der Waals surface area contributed by atoms with Gasteiger partial charge in [0.1, 0.15) is 12.4 Å². The molecule has 0 amide bonds. The SMILES string of the molecule is C#CCOc1ccccc1CNCCCOCC1CC1. The van der Waals surface area contributed by atoms with Crippen LogP contribution in [0.15, 0.2) is 24.3 Å². The van der Waals surface area contributed by atoms with Crippen molar-refractivity contribution in [3.8, 4) is 18.1 Å². The maximum atomic E-state index is 5.60. The fourth-order valence-corrected chi connectivity index (χ4v) is 1.97. The second kappa shape index (κ2) is 8.63. The molecule has 0 aliphatic heterocycles. The van der Waals surface area contributed by atoms with Crippen LogP contribution in [0.25, 0.3) is 0 Å². The number of hydrogen-bond acceptors (Lipinski definition) is 3. The number of para-hydroxylation sites is 1. The highest BCUT2D eigenvalue weighted by Gasteiger charge is 2.20. The normalized spacial score (nSPS) is 13.9. The molecule has 2 rings (SSSR count). The van der Waals surface area contributed by atoms with Gasteiger partial charge in [-0.25, -0.2) is 0 Å². The summed E-state index contributed by atoms with van der Waals surface area (Å²) < 4.78 is 11.1. The van der Waals surface area contributed by atoms with Gasteiger partial charge in [0.15, 0.2) is 0 Å². The van der Waals surface area contributed by atoms with Crippen molar-refractivity contribution < 1.29 is 9.47 Å². The Kier molecular flexibility index (Phi) is 6.43. The first kappa shape index (κ1) is 14.9. The monoisotopic (exact) mass is 273 g/mol. The molecule has 0 atom stereocenters. The lowest BCUT2D eigenvalue weighted by atomic mass is 10.2. The molecule has 1 aliphatic rings. The Balaban J connectivity index is 1.59. The van der Waals surface area contributed by atoms with Crippen molar-refractivity contribution in [3.63, 3.8) is 0 Å². The zero-order valence-electron chi connectivity index (χ0n) is 11.9. The summed E-state index contributed by atoms with van der Waals surface area (Å²) in [6.07, 6.45) is 8.97. The van der Waals surface area contributed by atoms with E-state index in [1.54, 1.807) is 0 Å². The van der Waals surface area contributed by atoms with Crippen LogP contribution in [0.4, 0.5) is 0 Å². The van der Waals surface area contributed by atoms with Gasteiger partial charge in [-0.1, -0.05) is 24.1 Å². The first-order chi connectivity index (χ1) is 9.90. The van der Waals surface area contributed by atoms with Crippen molar-refractivity contribution >= 4 is 0 Å². The van der Waals surface area contributed by atoms with E-state index in [0.717, 1.165) is 50.0 Å². The molecule has 1 fully saturated rings. The molecule has 1 aliphatic carbocycles. The predicted octanol–water partition coefficient (Wildman–Crippen LogP) is 2.60. The molecule has 20 heavy (non-hydrogen) atoms. The van der Waals surface area contributed by atoms with Crippen LogP contribution in [0.5, 0.6) is 5.75 Å². The van der Waals surface area contributed by atoms with Gasteiger partial charge < -0.3 is 14.8 Å². The van der Waals surface area contributed by atoms with Gasteiger partial charge in [0.05, 0.1) is 0 Å². The van der Waals surface area contributed by atoms with Gasteiger partial charge in [0.25, 0.3) is 0 Å². The van der Waals surface area contributed by atoms with Crippen molar-refractivity contribution in [1.29, 1.82) is 0 Å². The van der Waals surface area contributed by atoms with Gasteiger partial charge in [0, 0.05) is 25.3 Å². The first-order valence-electron chi connectivity index (χ1n) is 7.33. The van der Waals surface area contributed by atoms with E-state index < -0.39 is 0 Å². The van der Waals surface area contributed by atoms with Crippen LogP contribution in [0, 0.1) is 18.3 Å². The summed E-state index contributed by atoms with van der Waals surface area (Å²) in [5.74, 6) is 4.20. The Hall–Kier alpha value is -1.50. The predicted molar refractivity (Wildman–Crippen MR) is 80.6 cm³/mol. The molecule has 3 heteroatoms. The second-order valence-corrected chi connectivity index (χ2v) is 5.15. The van der Waals surface area contributed by atoms with E-state index in [4.69, 9.17) is 15.9 Å². The molecule has 0 saturated heterocycles. The quantitative estimate of drug-likeness (QED) is 0.525. The second-order valence-electron chi connectivity index (χ2n) is 5.15. The van der Waals surface area contributed by atoms with Crippen molar-refractivity contribution in [2.24, 2.45) is 5.92 Å². The maximum Gasteiger partial charge on any atom is 0.148 e. The molecule has 1 aromatic carbocycles. The van der Waals surface area contributed by atoms with E-state index in [9.17, 15) is 0 Å². The van der Waals surface area contributed by atoms with E-state index >= 15 is 0 Å². The highest BCUT2D eigenvalue weighted by Crippen LogP contribution is 2.28. The summed E-state index contributed by atoms with van der Waals surface area (Å²) in [6, 6.07) is 7.98. The minimum Gasteiger partial charge on any atom is -0.481 e. The Morgan fingerprint density at radius 1 is 1.30 bits per heavy atom. The van der Waals surface area contributed by atoms with E-state index in [2.05, 4.69) is 17.3 Å². The Morgan fingerprint density at radius 3 is 2.95 bits per heavy atom. The minimum atomic E-state index is 0.312. The van der Waals surface area contributed by atoms with Gasteiger partial charge in [-0.2, -0.15) is 0 Å². The van der Waals surface area contributed by atoms with Crippen molar-refractivity contribution in [3.05, 3.63) is 29.8 Å². The molecular weight excluding hydrogens is 250 g/mol. The average Bonchev–Trinajstić information content (AvgIpc) is 3.29. The lowest BCUT2D eigenvalue weighted by Crippen LogP contribution is -2.17. The number of nitrogens with one attached hydrogen (secondary N) is 1. The molecule has 108 valence electrons. The zero-order chi connectivity index (χ0) is 14.0. The van der Waals surface area contributed by atoms with Crippen LogP contribution in [-0.4, -0.2) is 26.4 Å². The minimum absolute atomic E-state index is 0.312. The molecule has 0 spiro atoms. The summed E-state index contributed by atoms with van der Waals surface area (Å²) in [6.45, 7) is 3.85. The Bertz CT molecular complexity index is 435. The van der Waals surface area contributed by atoms with Crippen LogP contribution < -0.4 is 10.1 Å². The van der Waals surface area contributed by atoms with Gasteiger partial charge in [-0.3, -0.25) is 0 Å². The summed E-state index contributed by atoms with van der Waals surface area (Å²) in [5, 5.41) is 3.41. The third-order valence-corrected chi connectivity index (χ3v) is 3.29. The molecule has 0 aromatic heterocycles. The topological polar surface area (TPSA) is 30.5 Å². The van der Waals surface area contributed by atoms with Crippen molar-refractivity contribution in [1.82, 2.24) is 5.32 Å². The largest absolute Gasteiger partial charge is 0.481 e. The zero-order valence-corrected chi connectivity index (χ0v) is 11.9. The van der Waals surface area contributed by atoms with Crippen LogP contribution in [-0.2, 0) is 11.3 Å². The third kappa shape index (κ3) is 5.64. The van der Waals surface area contributed by atoms with Gasteiger partial charge in [-0.15, -0.1) is 6.42 Å². The van der Waals surface area contributed by atoms with Crippen LogP contribution in [0.3, 0.4) is 0 Å². The highest BCUT2D eigenvalue weighted by atomic mass is 16.5. The summed E-state index contributed by atoms with van der Waals surface area (Å²) in [4.78, 5) is 0. The number of rotatable bonds is 10. The van der Waals surface area contributed by atoms with E-state index in [1.165, 1.54) is 12.8 Å². The number of ether oxygens (including phenoxy) is 2. The Labute approximate surface area is 121 Å². The highest BCUT2D eigenvalue weighted by molar-refractivity contribution is 5.33. The standard InChI is InChI=1S/C17H23NO2/c1-2-11-20-17-7-4-3-6-16(17)13-18-10-5-12-19-14-15-8-9-15/h1,3-4,6-7,15,18H,5,8-14H2. The fraction of sp³-hybridized carbons (Fsp3) is 0.529. The fourth-order valence-electron chi connectivity index (χ4n) is 1.97. The molecule has 1 aromatic rings. The van der Waals surface area contributed by atoms with Crippen LogP contribution >= 0.6 is 0 Å². The van der Waals surface area contributed by atoms with Crippen molar-refractivity contribution in [2.45, 2.75) is 25.8 Å².